The van der Waals surface area contributed by atoms with Crippen LogP contribution < -0.4 is 16.0 Å². The van der Waals surface area contributed by atoms with Crippen LogP contribution in [0.2, 0.25) is 0 Å². The van der Waals surface area contributed by atoms with E-state index in [1.165, 1.54) is 19.1 Å². The molecule has 2 fully saturated rings. The molecular weight excluding hydrogens is 478 g/mol. The summed E-state index contributed by atoms with van der Waals surface area (Å²) in [5, 5.41) is 7.17. The summed E-state index contributed by atoms with van der Waals surface area (Å²) in [6.07, 6.45) is 0.853. The van der Waals surface area contributed by atoms with Gasteiger partial charge in [0.15, 0.2) is 0 Å². The number of ketones is 1. The fraction of sp³-hybridized carbons (Fsp3) is 0.792. The minimum absolute atomic E-state index is 0.0947. The van der Waals surface area contributed by atoms with Gasteiger partial charge in [-0.1, -0.05) is 20.8 Å². The number of carbonyl (C=O) groups excluding carboxylic acids is 5. The molecule has 2 rings (SSSR count). The number of alkyl carbamates (subject to hydrolysis) is 1. The van der Waals surface area contributed by atoms with Crippen molar-refractivity contribution in [2.45, 2.75) is 90.3 Å². The highest BCUT2D eigenvalue weighted by Gasteiger charge is 2.52. The predicted molar refractivity (Wildman–Crippen MR) is 126 cm³/mol. The highest BCUT2D eigenvalue weighted by Crippen LogP contribution is 2.55. The van der Waals surface area contributed by atoms with Crippen LogP contribution in [0.1, 0.15) is 66.2 Å². The monoisotopic (exact) mass is 516 g/mol. The number of piperidine rings is 1. The van der Waals surface area contributed by atoms with Gasteiger partial charge in [0.25, 0.3) is 5.91 Å². The molecule has 204 valence electrons. The Balaban J connectivity index is 2.31. The Kier molecular flexibility index (Phi) is 9.06. The second-order valence-corrected chi connectivity index (χ2v) is 11.0. The summed E-state index contributed by atoms with van der Waals surface area (Å²) < 4.78 is 31.7. The van der Waals surface area contributed by atoms with Crippen LogP contribution in [-0.2, 0) is 23.9 Å². The van der Waals surface area contributed by atoms with E-state index >= 15 is 0 Å². The van der Waals surface area contributed by atoms with E-state index in [1.807, 2.05) is 0 Å². The SMILES string of the molecule is CNC(=O)C(=O)[C@H](CCC(C)(F)F)NC(=O)[C@@H]1CC2(CCN1C(=O)[C@@H](NC(=O)OC)C(C)(C)C)CC2. The number of methoxy groups -OCH3 is 1. The van der Waals surface area contributed by atoms with Crippen LogP contribution in [0.25, 0.3) is 0 Å². The zero-order valence-corrected chi connectivity index (χ0v) is 21.8. The van der Waals surface area contributed by atoms with Crippen LogP contribution in [-0.4, -0.2) is 79.2 Å². The maximum absolute atomic E-state index is 13.6. The van der Waals surface area contributed by atoms with E-state index in [4.69, 9.17) is 0 Å². The van der Waals surface area contributed by atoms with Crippen LogP contribution in [0.15, 0.2) is 0 Å². The van der Waals surface area contributed by atoms with Gasteiger partial charge in [-0.3, -0.25) is 19.2 Å². The second-order valence-electron chi connectivity index (χ2n) is 11.0. The molecule has 0 aromatic rings. The fourth-order valence-corrected chi connectivity index (χ4v) is 4.47. The van der Waals surface area contributed by atoms with Crippen molar-refractivity contribution in [3.8, 4) is 0 Å². The lowest BCUT2D eigenvalue weighted by Gasteiger charge is -2.43. The Morgan fingerprint density at radius 2 is 1.67 bits per heavy atom. The molecule has 0 aromatic heterocycles. The number of nitrogens with one attached hydrogen (secondary N) is 3. The molecule has 1 saturated carbocycles. The second kappa shape index (κ2) is 11.1. The smallest absolute Gasteiger partial charge is 0.407 e. The molecule has 0 unspecified atom stereocenters. The zero-order valence-electron chi connectivity index (χ0n) is 21.8. The van der Waals surface area contributed by atoms with Gasteiger partial charge in [-0.15, -0.1) is 0 Å². The van der Waals surface area contributed by atoms with Gasteiger partial charge in [0.1, 0.15) is 12.1 Å². The summed E-state index contributed by atoms with van der Waals surface area (Å²) in [5.41, 5.74) is -0.812. The van der Waals surface area contributed by atoms with E-state index < -0.39 is 71.9 Å². The van der Waals surface area contributed by atoms with Crippen molar-refractivity contribution < 1.29 is 37.5 Å². The molecule has 10 nitrogen and oxygen atoms in total. The number of hydrogen-bond acceptors (Lipinski definition) is 6. The van der Waals surface area contributed by atoms with Gasteiger partial charge in [0.2, 0.25) is 23.5 Å². The Morgan fingerprint density at radius 3 is 2.14 bits per heavy atom. The maximum Gasteiger partial charge on any atom is 0.407 e. The summed E-state index contributed by atoms with van der Waals surface area (Å²) >= 11 is 0. The maximum atomic E-state index is 13.6. The highest BCUT2D eigenvalue weighted by molar-refractivity contribution is 6.38. The number of Topliss-reactive ketones (excluding diaryl/α,β-unsaturated/α-hetero) is 1. The molecule has 1 saturated heterocycles. The average Bonchev–Trinajstić information content (AvgIpc) is 3.55. The normalized spacial score (nSPS) is 20.7. The summed E-state index contributed by atoms with van der Waals surface area (Å²) in [6.45, 7) is 6.23. The Bertz CT molecular complexity index is 879. The van der Waals surface area contributed by atoms with Gasteiger partial charge in [0.05, 0.1) is 13.2 Å². The number of hydrogen-bond donors (Lipinski definition) is 3. The lowest BCUT2D eigenvalue weighted by Crippen LogP contribution is -2.62. The molecule has 1 aliphatic carbocycles. The van der Waals surface area contributed by atoms with E-state index in [-0.39, 0.29) is 12.0 Å². The minimum Gasteiger partial charge on any atom is -0.453 e. The summed E-state index contributed by atoms with van der Waals surface area (Å²) in [7, 11) is 2.41. The van der Waals surface area contributed by atoms with Crippen LogP contribution in [0.3, 0.4) is 0 Å². The first kappa shape index (κ1) is 29.4. The molecule has 2 aliphatic rings. The van der Waals surface area contributed by atoms with Crippen LogP contribution in [0.5, 0.6) is 0 Å². The molecule has 1 aliphatic heterocycles. The first-order valence-corrected chi connectivity index (χ1v) is 12.1. The van der Waals surface area contributed by atoms with Crippen molar-refractivity contribution in [2.75, 3.05) is 20.7 Å². The fourth-order valence-electron chi connectivity index (χ4n) is 4.47. The van der Waals surface area contributed by atoms with E-state index in [0.717, 1.165) is 12.8 Å². The molecule has 12 heteroatoms. The van der Waals surface area contributed by atoms with Crippen molar-refractivity contribution in [3.05, 3.63) is 0 Å². The molecule has 1 spiro atoms. The number of carbonyl (C=O) groups is 5. The van der Waals surface area contributed by atoms with E-state index in [1.54, 1.807) is 20.8 Å². The standard InChI is InChI=1S/C24H38F2N4O6/c1-22(2,3)17(29-21(35)36-6)20(34)30-12-11-24(9-10-24)13-15(30)18(32)28-14(7-8-23(4,25)26)16(31)19(33)27-5/h14-15,17H,7-13H2,1-6H3,(H,27,33)(H,28,32)(H,29,35)/t14-,15-,17+/m0/s1. The molecule has 4 amide bonds. The van der Waals surface area contributed by atoms with Crippen molar-refractivity contribution in [2.24, 2.45) is 10.8 Å². The molecule has 0 bridgehead atoms. The lowest BCUT2D eigenvalue weighted by molar-refractivity contribution is -0.148. The number of rotatable bonds is 9. The van der Waals surface area contributed by atoms with E-state index in [2.05, 4.69) is 20.7 Å². The number of likely N-dealkylation sites (N-methyl/N-ethyl adjacent to an activating group) is 1. The van der Waals surface area contributed by atoms with Crippen molar-refractivity contribution in [1.29, 1.82) is 0 Å². The van der Waals surface area contributed by atoms with E-state index in [9.17, 15) is 32.8 Å². The quantitative estimate of drug-likeness (QED) is 0.400. The molecule has 0 radical (unpaired) electrons. The average molecular weight is 517 g/mol. The molecular formula is C24H38F2N4O6. The van der Waals surface area contributed by atoms with Crippen LogP contribution in [0, 0.1) is 10.8 Å². The number of nitrogens with zero attached hydrogens (tertiary/aromatic N) is 1. The number of alkyl halides is 2. The van der Waals surface area contributed by atoms with Gasteiger partial charge in [-0.25, -0.2) is 13.6 Å². The van der Waals surface area contributed by atoms with Gasteiger partial charge in [-0.05, 0) is 49.9 Å². The zero-order chi connectivity index (χ0) is 27.5. The lowest BCUT2D eigenvalue weighted by atomic mass is 9.82. The van der Waals surface area contributed by atoms with Crippen LogP contribution in [0.4, 0.5) is 13.6 Å². The topological polar surface area (TPSA) is 134 Å². The molecule has 3 N–H and O–H groups in total. The summed E-state index contributed by atoms with van der Waals surface area (Å²) in [4.78, 5) is 64.8. The first-order valence-electron chi connectivity index (χ1n) is 12.1. The van der Waals surface area contributed by atoms with E-state index in [0.29, 0.717) is 19.8 Å². The molecule has 3 atom stereocenters. The number of halogens is 2. The third-order valence-corrected chi connectivity index (χ3v) is 6.94. The van der Waals surface area contributed by atoms with Crippen molar-refractivity contribution >= 4 is 29.6 Å². The number of likely N-dealkylation sites (tertiary alicyclic amines) is 1. The largest absolute Gasteiger partial charge is 0.453 e. The minimum atomic E-state index is -3.10. The van der Waals surface area contributed by atoms with Gasteiger partial charge in [-0.2, -0.15) is 0 Å². The van der Waals surface area contributed by atoms with Crippen molar-refractivity contribution in [1.82, 2.24) is 20.9 Å². The highest BCUT2D eigenvalue weighted by atomic mass is 19.3. The predicted octanol–water partition coefficient (Wildman–Crippen LogP) is 1.76. The molecule has 36 heavy (non-hydrogen) atoms. The Hall–Kier alpha value is -2.79. The van der Waals surface area contributed by atoms with Gasteiger partial charge < -0.3 is 25.6 Å². The molecule has 0 aromatic carbocycles. The Labute approximate surface area is 210 Å². The summed E-state index contributed by atoms with van der Waals surface area (Å²) in [6, 6.07) is -3.46. The number of ether oxygens (including phenoxy) is 1. The van der Waals surface area contributed by atoms with Crippen LogP contribution >= 0.6 is 0 Å². The summed E-state index contributed by atoms with van der Waals surface area (Å²) in [5.74, 6) is -6.33. The molecule has 1 heterocycles. The van der Waals surface area contributed by atoms with Crippen molar-refractivity contribution in [3.63, 3.8) is 0 Å². The van der Waals surface area contributed by atoms with Gasteiger partial charge >= 0.3 is 6.09 Å². The van der Waals surface area contributed by atoms with Gasteiger partial charge in [0, 0.05) is 20.0 Å². The first-order chi connectivity index (χ1) is 16.5. The number of amides is 4. The third-order valence-electron chi connectivity index (χ3n) is 6.94. The third kappa shape index (κ3) is 7.60. The Morgan fingerprint density at radius 1 is 1.06 bits per heavy atom.